The molecule has 6 heteroatoms. The zero-order chi connectivity index (χ0) is 18.2. The lowest BCUT2D eigenvalue weighted by molar-refractivity contribution is 0.317. The second-order valence-corrected chi connectivity index (χ2v) is 9.54. The third-order valence-corrected chi connectivity index (χ3v) is 6.78. The molecule has 25 heavy (non-hydrogen) atoms. The topological polar surface area (TPSA) is 55.2 Å². The summed E-state index contributed by atoms with van der Waals surface area (Å²) in [6.45, 7) is 7.85. The van der Waals surface area contributed by atoms with Crippen LogP contribution >= 0.6 is 0 Å². The van der Waals surface area contributed by atoms with E-state index in [-0.39, 0.29) is 17.5 Å². The molecule has 1 aromatic carbocycles. The predicted octanol–water partition coefficient (Wildman–Crippen LogP) is 2.80. The molecular formula is C19H27N3O2S. The van der Waals surface area contributed by atoms with E-state index in [0.717, 1.165) is 24.5 Å². The van der Waals surface area contributed by atoms with E-state index in [1.807, 2.05) is 11.6 Å². The van der Waals surface area contributed by atoms with E-state index in [1.165, 1.54) is 16.7 Å². The molecule has 0 bridgehead atoms. The van der Waals surface area contributed by atoms with Crippen molar-refractivity contribution in [3.8, 4) is 0 Å². The van der Waals surface area contributed by atoms with Gasteiger partial charge in [0.15, 0.2) is 9.84 Å². The quantitative estimate of drug-likeness (QED) is 0.822. The van der Waals surface area contributed by atoms with Crippen LogP contribution in [-0.2, 0) is 22.9 Å². The first-order valence-corrected chi connectivity index (χ1v) is 10.6. The van der Waals surface area contributed by atoms with Gasteiger partial charge < -0.3 is 0 Å². The highest BCUT2D eigenvalue weighted by molar-refractivity contribution is 7.91. The van der Waals surface area contributed by atoms with Crippen LogP contribution in [0.4, 0.5) is 0 Å². The van der Waals surface area contributed by atoms with Gasteiger partial charge in [-0.3, -0.25) is 9.58 Å². The Hall–Kier alpha value is -1.66. The van der Waals surface area contributed by atoms with Crippen molar-refractivity contribution in [2.75, 3.05) is 18.6 Å². The molecule has 5 nitrogen and oxygen atoms in total. The summed E-state index contributed by atoms with van der Waals surface area (Å²) >= 11 is 0. The van der Waals surface area contributed by atoms with Crippen LogP contribution < -0.4 is 0 Å². The Morgan fingerprint density at radius 3 is 2.44 bits per heavy atom. The minimum Gasteiger partial charge on any atom is -0.298 e. The van der Waals surface area contributed by atoms with Crippen LogP contribution in [0.15, 0.2) is 24.3 Å². The molecule has 0 unspecified atom stereocenters. The highest BCUT2D eigenvalue weighted by Crippen LogP contribution is 2.27. The minimum atomic E-state index is -2.90. The van der Waals surface area contributed by atoms with Gasteiger partial charge in [0.2, 0.25) is 0 Å². The maximum absolute atomic E-state index is 11.8. The zero-order valence-corrected chi connectivity index (χ0v) is 16.3. The molecule has 1 fully saturated rings. The van der Waals surface area contributed by atoms with Gasteiger partial charge in [-0.05, 0) is 39.8 Å². The molecule has 1 atom stereocenters. The average Bonchev–Trinajstić information content (AvgIpc) is 3.03. The lowest BCUT2D eigenvalue weighted by Gasteiger charge is -2.18. The third kappa shape index (κ3) is 4.12. The molecule has 2 aromatic rings. The molecule has 1 aromatic heterocycles. The standard InChI is InChI=1S/C19H27N3O2S/c1-14-5-7-17(8-6-14)11-21(4)12-19-15(2)20-22(16(19)3)18-9-10-25(23,24)13-18/h5-8,18H,9-13H2,1-4H3/t18-/m0/s1. The summed E-state index contributed by atoms with van der Waals surface area (Å²) in [4.78, 5) is 2.28. The van der Waals surface area contributed by atoms with Crippen molar-refractivity contribution in [3.05, 3.63) is 52.3 Å². The summed E-state index contributed by atoms with van der Waals surface area (Å²) in [6.07, 6.45) is 0.670. The monoisotopic (exact) mass is 361 g/mol. The van der Waals surface area contributed by atoms with E-state index in [4.69, 9.17) is 0 Å². The fraction of sp³-hybridized carbons (Fsp3) is 0.526. The Balaban J connectivity index is 1.73. The Morgan fingerprint density at radius 2 is 1.84 bits per heavy atom. The van der Waals surface area contributed by atoms with Crippen molar-refractivity contribution in [2.24, 2.45) is 0 Å². The maximum atomic E-state index is 11.8. The van der Waals surface area contributed by atoms with Crippen LogP contribution in [0.2, 0.25) is 0 Å². The van der Waals surface area contributed by atoms with Gasteiger partial charge in [0.05, 0.1) is 23.2 Å². The van der Waals surface area contributed by atoms with E-state index in [9.17, 15) is 8.42 Å². The third-order valence-electron chi connectivity index (χ3n) is 5.03. The van der Waals surface area contributed by atoms with E-state index in [2.05, 4.69) is 55.2 Å². The highest BCUT2D eigenvalue weighted by atomic mass is 32.2. The van der Waals surface area contributed by atoms with Gasteiger partial charge in [0, 0.05) is 24.3 Å². The van der Waals surface area contributed by atoms with Gasteiger partial charge in [-0.25, -0.2) is 8.42 Å². The van der Waals surface area contributed by atoms with Gasteiger partial charge in [-0.2, -0.15) is 5.10 Å². The van der Waals surface area contributed by atoms with Gasteiger partial charge in [-0.1, -0.05) is 29.8 Å². The highest BCUT2D eigenvalue weighted by Gasteiger charge is 2.31. The van der Waals surface area contributed by atoms with Crippen molar-refractivity contribution in [3.63, 3.8) is 0 Å². The van der Waals surface area contributed by atoms with Crippen LogP contribution in [0.3, 0.4) is 0 Å². The van der Waals surface area contributed by atoms with Crippen molar-refractivity contribution in [1.29, 1.82) is 0 Å². The van der Waals surface area contributed by atoms with Crippen LogP contribution in [0.5, 0.6) is 0 Å². The number of nitrogens with zero attached hydrogens (tertiary/aromatic N) is 3. The van der Waals surface area contributed by atoms with Crippen molar-refractivity contribution in [2.45, 2.75) is 46.3 Å². The normalized spacial score (nSPS) is 19.6. The maximum Gasteiger partial charge on any atom is 0.152 e. The van der Waals surface area contributed by atoms with E-state index < -0.39 is 9.84 Å². The molecule has 0 amide bonds. The van der Waals surface area contributed by atoms with Crippen molar-refractivity contribution >= 4 is 9.84 Å². The first-order chi connectivity index (χ1) is 11.7. The summed E-state index contributed by atoms with van der Waals surface area (Å²) in [6, 6.07) is 8.59. The second-order valence-electron chi connectivity index (χ2n) is 7.31. The number of aromatic nitrogens is 2. The molecule has 0 saturated carbocycles. The summed E-state index contributed by atoms with van der Waals surface area (Å²) < 4.78 is 25.5. The summed E-state index contributed by atoms with van der Waals surface area (Å²) in [7, 11) is -0.795. The Bertz CT molecular complexity index is 854. The van der Waals surface area contributed by atoms with Crippen LogP contribution in [-0.4, -0.2) is 41.7 Å². The van der Waals surface area contributed by atoms with Crippen molar-refractivity contribution in [1.82, 2.24) is 14.7 Å². The second kappa shape index (κ2) is 6.92. The Kier molecular flexibility index (Phi) is 5.02. The summed E-state index contributed by atoms with van der Waals surface area (Å²) in [5.41, 5.74) is 5.86. The number of rotatable bonds is 5. The molecule has 1 saturated heterocycles. The van der Waals surface area contributed by atoms with E-state index in [1.54, 1.807) is 0 Å². The molecule has 3 rings (SSSR count). The van der Waals surface area contributed by atoms with Gasteiger partial charge in [0.25, 0.3) is 0 Å². The van der Waals surface area contributed by atoms with Crippen LogP contribution in [0.25, 0.3) is 0 Å². The molecule has 0 N–H and O–H groups in total. The first-order valence-electron chi connectivity index (χ1n) is 8.74. The Morgan fingerprint density at radius 1 is 1.16 bits per heavy atom. The molecular weight excluding hydrogens is 334 g/mol. The van der Waals surface area contributed by atoms with E-state index >= 15 is 0 Å². The fourth-order valence-corrected chi connectivity index (χ4v) is 5.27. The smallest absolute Gasteiger partial charge is 0.152 e. The number of hydrogen-bond acceptors (Lipinski definition) is 4. The van der Waals surface area contributed by atoms with Gasteiger partial charge in [-0.15, -0.1) is 0 Å². The molecule has 2 heterocycles. The lowest BCUT2D eigenvalue weighted by Crippen LogP contribution is -2.18. The Labute approximate surface area is 150 Å². The molecule has 1 aliphatic rings. The first kappa shape index (κ1) is 18.1. The molecule has 0 aliphatic carbocycles. The van der Waals surface area contributed by atoms with Crippen LogP contribution in [0, 0.1) is 20.8 Å². The summed E-state index contributed by atoms with van der Waals surface area (Å²) in [5, 5.41) is 4.65. The predicted molar refractivity (Wildman–Crippen MR) is 100 cm³/mol. The minimum absolute atomic E-state index is 0.0140. The fourth-order valence-electron chi connectivity index (χ4n) is 3.58. The SMILES string of the molecule is Cc1ccc(CN(C)Cc2c(C)nn([C@H]3CCS(=O)(=O)C3)c2C)cc1. The number of benzene rings is 1. The lowest BCUT2D eigenvalue weighted by atomic mass is 10.1. The van der Waals surface area contributed by atoms with Gasteiger partial charge in [0.1, 0.15) is 0 Å². The number of sulfone groups is 1. The number of aryl methyl sites for hydroxylation is 2. The number of hydrogen-bond donors (Lipinski definition) is 0. The van der Waals surface area contributed by atoms with Gasteiger partial charge >= 0.3 is 0 Å². The van der Waals surface area contributed by atoms with Crippen molar-refractivity contribution < 1.29 is 8.42 Å². The average molecular weight is 362 g/mol. The molecule has 0 radical (unpaired) electrons. The van der Waals surface area contributed by atoms with E-state index in [0.29, 0.717) is 6.42 Å². The largest absolute Gasteiger partial charge is 0.298 e. The summed E-state index contributed by atoms with van der Waals surface area (Å²) in [5.74, 6) is 0.492. The zero-order valence-electron chi connectivity index (χ0n) is 15.5. The molecule has 136 valence electrons. The molecule has 0 spiro atoms. The molecule has 1 aliphatic heterocycles. The van der Waals surface area contributed by atoms with Crippen LogP contribution in [0.1, 0.15) is 40.5 Å².